The van der Waals surface area contributed by atoms with E-state index >= 15 is 0 Å². The fraction of sp³-hybridized carbons (Fsp3) is 0.111. The van der Waals surface area contributed by atoms with E-state index in [2.05, 4.69) is 10.6 Å². The van der Waals surface area contributed by atoms with Crippen LogP contribution in [-0.4, -0.2) is 8.42 Å². The number of nitrogens with one attached hydrogen (secondary N) is 1. The molecule has 1 N–H and O–H groups in total. The molecular formula is C18H13NO2S2. The molecule has 1 aliphatic rings. The molecule has 0 unspecified atom stereocenters. The van der Waals surface area contributed by atoms with Crippen molar-refractivity contribution < 1.29 is 8.42 Å². The first-order valence-corrected chi connectivity index (χ1v) is 9.43. The maximum Gasteiger partial charge on any atom is 0.242 e. The molecular weight excluding hydrogens is 326 g/mol. The molecule has 1 aromatic heterocycles. The second-order valence-electron chi connectivity index (χ2n) is 5.54. The van der Waals surface area contributed by atoms with Gasteiger partial charge in [-0.3, -0.25) is 0 Å². The Morgan fingerprint density at radius 1 is 1.13 bits per heavy atom. The highest BCUT2D eigenvalue weighted by Crippen LogP contribution is 2.46. The first kappa shape index (κ1) is 14.5. The van der Waals surface area contributed by atoms with Crippen molar-refractivity contribution in [3.63, 3.8) is 0 Å². The van der Waals surface area contributed by atoms with Crippen molar-refractivity contribution in [1.29, 1.82) is 0 Å². The molecule has 2 aromatic carbocycles. The Hall–Kier alpha value is -2.13. The van der Waals surface area contributed by atoms with Crippen LogP contribution in [0.15, 0.2) is 59.5 Å². The molecule has 0 aliphatic carbocycles. The second kappa shape index (κ2) is 4.93. The number of fused-ring (bicyclic) bond motifs is 2. The van der Waals surface area contributed by atoms with Crippen LogP contribution in [0.3, 0.4) is 0 Å². The van der Waals surface area contributed by atoms with Crippen LogP contribution >= 0.6 is 11.3 Å². The molecule has 114 valence electrons. The Morgan fingerprint density at radius 2 is 1.87 bits per heavy atom. The molecule has 4 rings (SSSR count). The van der Waals surface area contributed by atoms with Gasteiger partial charge in [0.2, 0.25) is 10.0 Å². The van der Waals surface area contributed by atoms with Crippen LogP contribution in [0.5, 0.6) is 0 Å². The summed E-state index contributed by atoms with van der Waals surface area (Å²) in [6.07, 6.45) is 5.86. The Kier molecular flexibility index (Phi) is 3.10. The predicted molar refractivity (Wildman–Crippen MR) is 92.8 cm³/mol. The van der Waals surface area contributed by atoms with E-state index in [1.54, 1.807) is 23.5 Å². The minimum atomic E-state index is -3.56. The van der Waals surface area contributed by atoms with Gasteiger partial charge in [-0.15, -0.1) is 23.7 Å². The molecule has 0 bridgehead atoms. The van der Waals surface area contributed by atoms with Crippen LogP contribution in [0.2, 0.25) is 0 Å². The van der Waals surface area contributed by atoms with Gasteiger partial charge in [0.15, 0.2) is 0 Å². The quantitative estimate of drug-likeness (QED) is 0.727. The van der Waals surface area contributed by atoms with Crippen molar-refractivity contribution in [2.75, 3.05) is 0 Å². The first-order valence-electron chi connectivity index (χ1n) is 7.13. The van der Waals surface area contributed by atoms with E-state index in [0.29, 0.717) is 4.90 Å². The lowest BCUT2D eigenvalue weighted by Gasteiger charge is -2.26. The summed E-state index contributed by atoms with van der Waals surface area (Å²) in [5.74, 6) is 2.65. The summed E-state index contributed by atoms with van der Waals surface area (Å²) in [7, 11) is -3.56. The average molecular weight is 339 g/mol. The van der Waals surface area contributed by atoms with E-state index in [9.17, 15) is 8.42 Å². The highest BCUT2D eigenvalue weighted by molar-refractivity contribution is 7.90. The summed E-state index contributed by atoms with van der Waals surface area (Å²) in [6.45, 7) is 0. The Balaban J connectivity index is 2.04. The van der Waals surface area contributed by atoms with Gasteiger partial charge in [0, 0.05) is 16.0 Å². The van der Waals surface area contributed by atoms with E-state index < -0.39 is 15.6 Å². The summed E-state index contributed by atoms with van der Waals surface area (Å²) >= 11 is 1.58. The molecule has 3 aromatic rings. The number of rotatable bonds is 2. The van der Waals surface area contributed by atoms with E-state index in [1.165, 1.54) is 0 Å². The topological polar surface area (TPSA) is 46.2 Å². The standard InChI is InChI=1S/C18H13NO2S2/c1-2-11-18(17-12-13-7-3-5-9-15(13)22-17)14-8-4-6-10-16(14)23(20,21)19-18/h1,3-10,12,19H,11H2/t18-/m1/s1. The molecule has 2 heterocycles. The highest BCUT2D eigenvalue weighted by Gasteiger charge is 2.48. The fourth-order valence-corrected chi connectivity index (χ4v) is 6.08. The lowest BCUT2D eigenvalue weighted by atomic mass is 9.86. The largest absolute Gasteiger partial charge is 0.242 e. The van der Waals surface area contributed by atoms with Gasteiger partial charge < -0.3 is 0 Å². The molecule has 0 radical (unpaired) electrons. The number of benzene rings is 2. The molecule has 1 aliphatic heterocycles. The maximum absolute atomic E-state index is 12.6. The van der Waals surface area contributed by atoms with Crippen molar-refractivity contribution in [3.8, 4) is 12.3 Å². The number of thiophene rings is 1. The Labute approximate surface area is 139 Å². The summed E-state index contributed by atoms with van der Waals surface area (Å²) in [4.78, 5) is 1.23. The highest BCUT2D eigenvalue weighted by atomic mass is 32.2. The molecule has 5 heteroatoms. The maximum atomic E-state index is 12.6. The minimum absolute atomic E-state index is 0.274. The number of hydrogen-bond acceptors (Lipinski definition) is 3. The summed E-state index contributed by atoms with van der Waals surface area (Å²) < 4.78 is 29.1. The van der Waals surface area contributed by atoms with Crippen molar-refractivity contribution in [3.05, 3.63) is 65.0 Å². The molecule has 0 spiro atoms. The average Bonchev–Trinajstić information content (AvgIpc) is 3.07. The van der Waals surface area contributed by atoms with Crippen molar-refractivity contribution >= 4 is 31.4 Å². The van der Waals surface area contributed by atoms with Crippen LogP contribution in [0.1, 0.15) is 16.9 Å². The normalized spacial score (nSPS) is 21.9. The zero-order valence-corrected chi connectivity index (χ0v) is 13.7. The molecule has 0 saturated carbocycles. The monoisotopic (exact) mass is 339 g/mol. The van der Waals surface area contributed by atoms with Crippen LogP contribution in [0, 0.1) is 12.3 Å². The van der Waals surface area contributed by atoms with Crippen molar-refractivity contribution in [2.45, 2.75) is 16.9 Å². The van der Waals surface area contributed by atoms with Crippen LogP contribution in [-0.2, 0) is 15.6 Å². The number of hydrogen-bond donors (Lipinski definition) is 1. The van der Waals surface area contributed by atoms with Gasteiger partial charge in [-0.1, -0.05) is 36.4 Å². The van der Waals surface area contributed by atoms with Crippen LogP contribution < -0.4 is 4.72 Å². The SMILES string of the molecule is C#CC[C@@]1(c2cc3ccccc3s2)NS(=O)(=O)c2ccccc21. The Bertz CT molecular complexity index is 1030. The third-order valence-electron chi connectivity index (χ3n) is 4.16. The zero-order chi connectivity index (χ0) is 16.1. The van der Waals surface area contributed by atoms with Crippen molar-refractivity contribution in [1.82, 2.24) is 4.72 Å². The van der Waals surface area contributed by atoms with E-state index in [1.807, 2.05) is 42.5 Å². The molecule has 3 nitrogen and oxygen atoms in total. The summed E-state index contributed by atoms with van der Waals surface area (Å²) in [5.41, 5.74) is -0.155. The predicted octanol–water partition coefficient (Wildman–Crippen LogP) is 3.46. The lowest BCUT2D eigenvalue weighted by molar-refractivity contribution is 0.505. The second-order valence-corrected chi connectivity index (χ2v) is 8.27. The first-order chi connectivity index (χ1) is 11.1. The third kappa shape index (κ3) is 2.03. The van der Waals surface area contributed by atoms with Crippen molar-refractivity contribution in [2.24, 2.45) is 0 Å². The fourth-order valence-electron chi connectivity index (χ4n) is 3.14. The molecule has 23 heavy (non-hydrogen) atoms. The minimum Gasteiger partial charge on any atom is -0.207 e. The van der Waals surface area contributed by atoms with Crippen LogP contribution in [0.25, 0.3) is 10.1 Å². The lowest BCUT2D eigenvalue weighted by Crippen LogP contribution is -2.39. The summed E-state index contributed by atoms with van der Waals surface area (Å²) in [6, 6.07) is 17.1. The van der Waals surface area contributed by atoms with Crippen LogP contribution in [0.4, 0.5) is 0 Å². The van der Waals surface area contributed by atoms with Gasteiger partial charge >= 0.3 is 0 Å². The van der Waals surface area contributed by atoms with Gasteiger partial charge in [-0.2, -0.15) is 4.72 Å². The number of terminal acetylenes is 1. The molecule has 1 atom stereocenters. The molecule has 0 saturated heterocycles. The molecule has 0 amide bonds. The smallest absolute Gasteiger partial charge is 0.207 e. The van der Waals surface area contributed by atoms with Gasteiger partial charge in [-0.05, 0) is 29.1 Å². The van der Waals surface area contributed by atoms with Gasteiger partial charge in [0.25, 0.3) is 0 Å². The van der Waals surface area contributed by atoms with E-state index in [-0.39, 0.29) is 6.42 Å². The van der Waals surface area contributed by atoms with E-state index in [4.69, 9.17) is 6.42 Å². The van der Waals surface area contributed by atoms with E-state index in [0.717, 1.165) is 20.5 Å². The van der Waals surface area contributed by atoms with Gasteiger partial charge in [0.05, 0.1) is 4.90 Å². The third-order valence-corrected chi connectivity index (χ3v) is 6.99. The van der Waals surface area contributed by atoms with Gasteiger partial charge in [-0.25, -0.2) is 8.42 Å². The van der Waals surface area contributed by atoms with Gasteiger partial charge in [0.1, 0.15) is 5.54 Å². The summed E-state index contributed by atoms with van der Waals surface area (Å²) in [5, 5.41) is 1.09. The number of sulfonamides is 1. The zero-order valence-electron chi connectivity index (χ0n) is 12.1. The molecule has 0 fully saturated rings. The Morgan fingerprint density at radius 3 is 2.65 bits per heavy atom.